The number of anilines is 1. The fraction of sp³-hybridized carbons (Fsp3) is 0.238. The number of halogens is 1. The normalized spacial score (nSPS) is 11.4. The summed E-state index contributed by atoms with van der Waals surface area (Å²) in [6.07, 6.45) is 0.841. The molecular weight excluding hydrogens is 406 g/mol. The highest BCUT2D eigenvalue weighted by atomic mass is 79.9. The molecule has 2 amide bonds. The first-order chi connectivity index (χ1) is 12.8. The number of aromatic nitrogens is 1. The Balaban J connectivity index is 1.70. The van der Waals surface area contributed by atoms with Gasteiger partial charge in [-0.2, -0.15) is 0 Å². The van der Waals surface area contributed by atoms with Gasteiger partial charge in [-0.1, -0.05) is 28.9 Å². The number of aromatic amines is 1. The second-order valence-electron chi connectivity index (χ2n) is 7.14. The van der Waals surface area contributed by atoms with Crippen LogP contribution in [0.1, 0.15) is 48.0 Å². The molecule has 2 aromatic carbocycles. The second kappa shape index (κ2) is 7.56. The van der Waals surface area contributed by atoms with Gasteiger partial charge in [-0.25, -0.2) is 0 Å². The van der Waals surface area contributed by atoms with E-state index in [0.717, 1.165) is 21.8 Å². The molecule has 5 nitrogen and oxygen atoms in total. The van der Waals surface area contributed by atoms with E-state index in [0.29, 0.717) is 16.9 Å². The van der Waals surface area contributed by atoms with Crippen LogP contribution in [0.2, 0.25) is 0 Å². The lowest BCUT2D eigenvalue weighted by Crippen LogP contribution is -2.42. The Kier molecular flexibility index (Phi) is 5.37. The molecule has 27 heavy (non-hydrogen) atoms. The Bertz CT molecular complexity index is 990. The molecule has 1 aromatic heterocycles. The minimum atomic E-state index is -0.255. The van der Waals surface area contributed by atoms with Crippen LogP contribution in [0.3, 0.4) is 0 Å². The van der Waals surface area contributed by atoms with Gasteiger partial charge in [-0.3, -0.25) is 9.59 Å². The molecule has 0 aliphatic heterocycles. The van der Waals surface area contributed by atoms with Gasteiger partial charge in [-0.05, 0) is 62.7 Å². The van der Waals surface area contributed by atoms with Gasteiger partial charge in [-0.15, -0.1) is 0 Å². The quantitative estimate of drug-likeness (QED) is 0.529. The fourth-order valence-corrected chi connectivity index (χ4v) is 2.95. The number of benzene rings is 2. The Labute approximate surface area is 166 Å². The predicted octanol–water partition coefficient (Wildman–Crippen LogP) is 5.10. The van der Waals surface area contributed by atoms with Crippen molar-refractivity contribution in [3.63, 3.8) is 0 Å². The predicted molar refractivity (Wildman–Crippen MR) is 112 cm³/mol. The van der Waals surface area contributed by atoms with Gasteiger partial charge in [0.05, 0.1) is 0 Å². The number of carbonyl (C=O) groups excluding carboxylic acids is 2. The number of nitrogens with one attached hydrogen (secondary N) is 3. The summed E-state index contributed by atoms with van der Waals surface area (Å²) >= 11 is 3.42. The highest BCUT2D eigenvalue weighted by Gasteiger charge is 2.18. The Hall–Kier alpha value is -2.60. The topological polar surface area (TPSA) is 74.0 Å². The molecule has 0 bridgehead atoms. The number of carbonyl (C=O) groups is 2. The highest BCUT2D eigenvalue weighted by molar-refractivity contribution is 9.10. The largest absolute Gasteiger partial charge is 0.350 e. The van der Waals surface area contributed by atoms with E-state index >= 15 is 0 Å². The number of amides is 2. The van der Waals surface area contributed by atoms with Crippen LogP contribution in [0, 0.1) is 0 Å². The third-order valence-electron chi connectivity index (χ3n) is 4.57. The third kappa shape index (κ3) is 4.57. The summed E-state index contributed by atoms with van der Waals surface area (Å²) in [6, 6.07) is 14.5. The average molecular weight is 428 g/mol. The van der Waals surface area contributed by atoms with Crippen molar-refractivity contribution >= 4 is 44.3 Å². The third-order valence-corrected chi connectivity index (χ3v) is 5.06. The van der Waals surface area contributed by atoms with Crippen LogP contribution < -0.4 is 10.6 Å². The molecule has 140 valence electrons. The molecule has 3 aromatic rings. The maximum Gasteiger partial charge on any atom is 0.272 e. The summed E-state index contributed by atoms with van der Waals surface area (Å²) in [5, 5.41) is 6.80. The summed E-state index contributed by atoms with van der Waals surface area (Å²) in [5.74, 6) is -0.354. The van der Waals surface area contributed by atoms with Gasteiger partial charge in [0.15, 0.2) is 0 Å². The molecule has 0 unspecified atom stereocenters. The van der Waals surface area contributed by atoms with Crippen LogP contribution in [0.5, 0.6) is 0 Å². The lowest BCUT2D eigenvalue weighted by atomic mass is 10.0. The number of H-pyrrole nitrogens is 1. The fourth-order valence-electron chi connectivity index (χ4n) is 2.59. The summed E-state index contributed by atoms with van der Waals surface area (Å²) in [5.41, 5.74) is 2.31. The molecule has 0 fully saturated rings. The first-order valence-corrected chi connectivity index (χ1v) is 9.59. The van der Waals surface area contributed by atoms with Gasteiger partial charge < -0.3 is 15.6 Å². The van der Waals surface area contributed by atoms with Gasteiger partial charge in [0.25, 0.3) is 11.8 Å². The first kappa shape index (κ1) is 19.2. The number of hydrogen-bond donors (Lipinski definition) is 3. The molecule has 0 atom stereocenters. The first-order valence-electron chi connectivity index (χ1n) is 8.79. The zero-order valence-corrected chi connectivity index (χ0v) is 17.1. The van der Waals surface area contributed by atoms with E-state index in [2.05, 4.69) is 31.5 Å². The zero-order chi connectivity index (χ0) is 19.6. The molecule has 1 heterocycles. The molecule has 3 rings (SSSR count). The minimum Gasteiger partial charge on any atom is -0.350 e. The molecular formula is C21H22BrN3O2. The Morgan fingerprint density at radius 3 is 2.41 bits per heavy atom. The van der Waals surface area contributed by atoms with Crippen LogP contribution in [-0.4, -0.2) is 22.3 Å². The van der Waals surface area contributed by atoms with E-state index in [1.54, 1.807) is 24.3 Å². The molecule has 0 radical (unpaired) electrons. The number of hydrogen-bond acceptors (Lipinski definition) is 2. The molecule has 3 N–H and O–H groups in total. The lowest BCUT2D eigenvalue weighted by molar-refractivity contribution is 0.0911. The maximum atomic E-state index is 12.5. The van der Waals surface area contributed by atoms with Crippen LogP contribution in [-0.2, 0) is 0 Å². The summed E-state index contributed by atoms with van der Waals surface area (Å²) in [7, 11) is 0. The minimum absolute atomic E-state index is 0.124. The maximum absolute atomic E-state index is 12.5. The van der Waals surface area contributed by atoms with E-state index < -0.39 is 0 Å². The van der Waals surface area contributed by atoms with Crippen LogP contribution in [0.15, 0.2) is 53.0 Å². The van der Waals surface area contributed by atoms with Crippen molar-refractivity contribution in [1.82, 2.24) is 10.3 Å². The van der Waals surface area contributed by atoms with Crippen molar-refractivity contribution < 1.29 is 9.59 Å². The van der Waals surface area contributed by atoms with Crippen molar-refractivity contribution in [2.75, 3.05) is 5.32 Å². The average Bonchev–Trinajstić information content (AvgIpc) is 3.05. The van der Waals surface area contributed by atoms with Gasteiger partial charge in [0.1, 0.15) is 5.69 Å². The monoisotopic (exact) mass is 427 g/mol. The molecule has 0 aliphatic rings. The van der Waals surface area contributed by atoms with E-state index in [1.807, 2.05) is 45.0 Å². The van der Waals surface area contributed by atoms with Crippen molar-refractivity contribution in [3.8, 4) is 0 Å². The van der Waals surface area contributed by atoms with Crippen LogP contribution in [0.25, 0.3) is 10.9 Å². The smallest absolute Gasteiger partial charge is 0.272 e. The lowest BCUT2D eigenvalue weighted by Gasteiger charge is -2.24. The van der Waals surface area contributed by atoms with Gasteiger partial charge in [0.2, 0.25) is 0 Å². The van der Waals surface area contributed by atoms with Crippen LogP contribution >= 0.6 is 15.9 Å². The number of rotatable bonds is 5. The summed E-state index contributed by atoms with van der Waals surface area (Å²) < 4.78 is 0.948. The second-order valence-corrected chi connectivity index (χ2v) is 8.05. The van der Waals surface area contributed by atoms with Crippen molar-refractivity contribution in [1.29, 1.82) is 0 Å². The SMILES string of the molecule is CCC(C)(C)NC(=O)c1ccc(NC(=O)c2cc3ccc(Br)cc3[nH]2)cc1. The molecule has 0 saturated carbocycles. The van der Waals surface area contributed by atoms with Gasteiger partial charge >= 0.3 is 0 Å². The Morgan fingerprint density at radius 2 is 1.74 bits per heavy atom. The van der Waals surface area contributed by atoms with Crippen molar-refractivity contribution in [2.24, 2.45) is 0 Å². The van der Waals surface area contributed by atoms with Crippen molar-refractivity contribution in [2.45, 2.75) is 32.7 Å². The zero-order valence-electron chi connectivity index (χ0n) is 15.5. The summed E-state index contributed by atoms with van der Waals surface area (Å²) in [4.78, 5) is 27.9. The molecule has 0 saturated heterocycles. The van der Waals surface area contributed by atoms with E-state index in [1.165, 1.54) is 0 Å². The molecule has 0 spiro atoms. The highest BCUT2D eigenvalue weighted by Crippen LogP contribution is 2.21. The van der Waals surface area contributed by atoms with E-state index in [-0.39, 0.29) is 17.4 Å². The Morgan fingerprint density at radius 1 is 1.04 bits per heavy atom. The standard InChI is InChI=1S/C21H22BrN3O2/c1-4-21(2,3)25-19(26)13-6-9-16(10-7-13)23-20(27)18-11-14-5-8-15(22)12-17(14)24-18/h5-12,24H,4H2,1-3H3,(H,23,27)(H,25,26). The van der Waals surface area contributed by atoms with E-state index in [4.69, 9.17) is 0 Å². The molecule has 0 aliphatic carbocycles. The number of fused-ring (bicyclic) bond motifs is 1. The molecule has 6 heteroatoms. The van der Waals surface area contributed by atoms with Crippen LogP contribution in [0.4, 0.5) is 5.69 Å². The van der Waals surface area contributed by atoms with E-state index in [9.17, 15) is 9.59 Å². The van der Waals surface area contributed by atoms with Crippen molar-refractivity contribution in [3.05, 3.63) is 64.3 Å². The summed E-state index contributed by atoms with van der Waals surface area (Å²) in [6.45, 7) is 6.00. The van der Waals surface area contributed by atoms with Gasteiger partial charge in [0, 0.05) is 32.2 Å².